The van der Waals surface area contributed by atoms with E-state index in [9.17, 15) is 5.11 Å². The summed E-state index contributed by atoms with van der Waals surface area (Å²) in [5.74, 6) is 0. The Morgan fingerprint density at radius 1 is 1.12 bits per heavy atom. The van der Waals surface area contributed by atoms with Crippen molar-refractivity contribution in [3.8, 4) is 0 Å². The third-order valence-electron chi connectivity index (χ3n) is 2.82. The molecule has 0 radical (unpaired) electrons. The predicted octanol–water partition coefficient (Wildman–Crippen LogP) is 1.31. The molecule has 3 heteroatoms. The van der Waals surface area contributed by atoms with E-state index in [-0.39, 0.29) is 6.10 Å². The average molecular weight is 236 g/mol. The van der Waals surface area contributed by atoms with Crippen molar-refractivity contribution in [2.24, 2.45) is 5.73 Å². The van der Waals surface area contributed by atoms with Crippen LogP contribution >= 0.6 is 0 Å². The number of hydrogen-bond donors (Lipinski definition) is 3. The van der Waals surface area contributed by atoms with E-state index < -0.39 is 0 Å². The first-order valence-electron chi connectivity index (χ1n) is 6.45. The summed E-state index contributed by atoms with van der Waals surface area (Å²) in [7, 11) is 0. The summed E-state index contributed by atoms with van der Waals surface area (Å²) in [6.45, 7) is 2.48. The van der Waals surface area contributed by atoms with Crippen molar-refractivity contribution >= 4 is 0 Å². The average Bonchev–Trinajstić information content (AvgIpc) is 2.37. The van der Waals surface area contributed by atoms with E-state index in [2.05, 4.69) is 17.4 Å². The number of aliphatic hydroxyl groups excluding tert-OH is 1. The standard InChI is InChI=1S/C14H24N2O/c15-10-12-16-11-4-7-14(17)9-8-13-5-2-1-3-6-13/h1-3,5-6,14,16-17H,4,7-12,15H2. The molecule has 0 aliphatic rings. The van der Waals surface area contributed by atoms with Crippen LogP contribution < -0.4 is 11.1 Å². The van der Waals surface area contributed by atoms with Gasteiger partial charge in [-0.15, -0.1) is 0 Å². The van der Waals surface area contributed by atoms with E-state index in [1.54, 1.807) is 0 Å². The molecule has 0 bridgehead atoms. The lowest BCUT2D eigenvalue weighted by atomic mass is 10.0. The Bertz CT molecular complexity index is 277. The molecule has 3 nitrogen and oxygen atoms in total. The molecule has 0 fully saturated rings. The van der Waals surface area contributed by atoms with E-state index in [1.807, 2.05) is 18.2 Å². The number of aryl methyl sites for hydroxylation is 1. The maximum Gasteiger partial charge on any atom is 0.0543 e. The molecule has 17 heavy (non-hydrogen) atoms. The van der Waals surface area contributed by atoms with Crippen LogP contribution in [0.1, 0.15) is 24.8 Å². The fraction of sp³-hybridized carbons (Fsp3) is 0.571. The number of nitrogens with two attached hydrogens (primary N) is 1. The lowest BCUT2D eigenvalue weighted by Crippen LogP contribution is -2.24. The molecule has 0 saturated heterocycles. The zero-order valence-corrected chi connectivity index (χ0v) is 10.4. The summed E-state index contributed by atoms with van der Waals surface area (Å²) >= 11 is 0. The first-order valence-corrected chi connectivity index (χ1v) is 6.45. The molecule has 1 aromatic rings. The van der Waals surface area contributed by atoms with Gasteiger partial charge < -0.3 is 16.2 Å². The molecule has 1 unspecified atom stereocenters. The maximum absolute atomic E-state index is 9.81. The van der Waals surface area contributed by atoms with Gasteiger partial charge in [0.05, 0.1) is 6.10 Å². The molecule has 0 aliphatic heterocycles. The van der Waals surface area contributed by atoms with Crippen molar-refractivity contribution < 1.29 is 5.11 Å². The molecule has 1 atom stereocenters. The van der Waals surface area contributed by atoms with E-state index in [4.69, 9.17) is 5.73 Å². The van der Waals surface area contributed by atoms with E-state index >= 15 is 0 Å². The molecule has 0 aromatic heterocycles. The molecular formula is C14H24N2O. The number of nitrogens with one attached hydrogen (secondary N) is 1. The van der Waals surface area contributed by atoms with Gasteiger partial charge in [0.15, 0.2) is 0 Å². The van der Waals surface area contributed by atoms with Crippen LogP contribution in [0.2, 0.25) is 0 Å². The first-order chi connectivity index (χ1) is 8.33. The summed E-state index contributed by atoms with van der Waals surface area (Å²) in [6, 6.07) is 10.3. The minimum Gasteiger partial charge on any atom is -0.393 e. The second-order valence-electron chi connectivity index (χ2n) is 4.36. The fourth-order valence-electron chi connectivity index (χ4n) is 1.81. The second-order valence-corrected chi connectivity index (χ2v) is 4.36. The van der Waals surface area contributed by atoms with Crippen LogP contribution in [0.3, 0.4) is 0 Å². The second kappa shape index (κ2) is 9.16. The Morgan fingerprint density at radius 3 is 2.59 bits per heavy atom. The van der Waals surface area contributed by atoms with Crippen LogP contribution in [-0.2, 0) is 6.42 Å². The summed E-state index contributed by atoms with van der Waals surface area (Å²) in [5, 5.41) is 13.0. The third kappa shape index (κ3) is 7.10. The lowest BCUT2D eigenvalue weighted by Gasteiger charge is -2.10. The Kier molecular flexibility index (Phi) is 7.63. The van der Waals surface area contributed by atoms with Crippen LogP contribution in [0.15, 0.2) is 30.3 Å². The molecule has 4 N–H and O–H groups in total. The van der Waals surface area contributed by atoms with Gasteiger partial charge in [0.2, 0.25) is 0 Å². The molecule has 0 amide bonds. The van der Waals surface area contributed by atoms with Crippen molar-refractivity contribution in [2.45, 2.75) is 31.8 Å². The number of hydrogen-bond acceptors (Lipinski definition) is 3. The lowest BCUT2D eigenvalue weighted by molar-refractivity contribution is 0.152. The zero-order chi connectivity index (χ0) is 12.3. The van der Waals surface area contributed by atoms with Crippen LogP contribution in [0, 0.1) is 0 Å². The summed E-state index contributed by atoms with van der Waals surface area (Å²) in [6.07, 6.45) is 3.49. The van der Waals surface area contributed by atoms with Crippen molar-refractivity contribution in [2.75, 3.05) is 19.6 Å². The zero-order valence-electron chi connectivity index (χ0n) is 10.4. The normalized spacial score (nSPS) is 12.6. The maximum atomic E-state index is 9.81. The minimum atomic E-state index is -0.185. The third-order valence-corrected chi connectivity index (χ3v) is 2.82. The Labute approximate surface area is 104 Å². The Hall–Kier alpha value is -0.900. The summed E-state index contributed by atoms with van der Waals surface area (Å²) in [4.78, 5) is 0. The highest BCUT2D eigenvalue weighted by molar-refractivity contribution is 5.14. The molecule has 0 heterocycles. The molecule has 0 aliphatic carbocycles. The van der Waals surface area contributed by atoms with Gasteiger partial charge in [-0.3, -0.25) is 0 Å². The van der Waals surface area contributed by atoms with Crippen LogP contribution in [0.5, 0.6) is 0 Å². The molecule has 0 spiro atoms. The van der Waals surface area contributed by atoms with Crippen molar-refractivity contribution in [1.82, 2.24) is 5.32 Å². The van der Waals surface area contributed by atoms with Crippen LogP contribution in [0.4, 0.5) is 0 Å². The van der Waals surface area contributed by atoms with Gasteiger partial charge in [0, 0.05) is 13.1 Å². The number of benzene rings is 1. The predicted molar refractivity (Wildman–Crippen MR) is 71.9 cm³/mol. The van der Waals surface area contributed by atoms with Gasteiger partial charge in [-0.2, -0.15) is 0 Å². The van der Waals surface area contributed by atoms with E-state index in [0.29, 0.717) is 6.54 Å². The molecule has 1 aromatic carbocycles. The van der Waals surface area contributed by atoms with Crippen LogP contribution in [0.25, 0.3) is 0 Å². The van der Waals surface area contributed by atoms with Crippen LogP contribution in [-0.4, -0.2) is 30.8 Å². The molecule has 1 rings (SSSR count). The molecule has 96 valence electrons. The molecular weight excluding hydrogens is 212 g/mol. The topological polar surface area (TPSA) is 58.3 Å². The van der Waals surface area contributed by atoms with Gasteiger partial charge >= 0.3 is 0 Å². The number of rotatable bonds is 9. The monoisotopic (exact) mass is 236 g/mol. The van der Waals surface area contributed by atoms with E-state index in [0.717, 1.165) is 38.8 Å². The smallest absolute Gasteiger partial charge is 0.0543 e. The van der Waals surface area contributed by atoms with Crippen molar-refractivity contribution in [3.05, 3.63) is 35.9 Å². The quantitative estimate of drug-likeness (QED) is 0.567. The first kappa shape index (κ1) is 14.2. The van der Waals surface area contributed by atoms with Gasteiger partial charge in [-0.05, 0) is 37.8 Å². The highest BCUT2D eigenvalue weighted by atomic mass is 16.3. The highest BCUT2D eigenvalue weighted by Gasteiger charge is 2.03. The van der Waals surface area contributed by atoms with Crippen molar-refractivity contribution in [1.29, 1.82) is 0 Å². The highest BCUT2D eigenvalue weighted by Crippen LogP contribution is 2.08. The Morgan fingerprint density at radius 2 is 1.88 bits per heavy atom. The van der Waals surface area contributed by atoms with E-state index in [1.165, 1.54) is 5.56 Å². The Balaban J connectivity index is 2.03. The van der Waals surface area contributed by atoms with Gasteiger partial charge in [-0.25, -0.2) is 0 Å². The van der Waals surface area contributed by atoms with Gasteiger partial charge in [0.1, 0.15) is 0 Å². The fourth-order valence-corrected chi connectivity index (χ4v) is 1.81. The minimum absolute atomic E-state index is 0.185. The van der Waals surface area contributed by atoms with Crippen molar-refractivity contribution in [3.63, 3.8) is 0 Å². The summed E-state index contributed by atoms with van der Waals surface area (Å²) < 4.78 is 0. The molecule has 0 saturated carbocycles. The largest absolute Gasteiger partial charge is 0.393 e. The SMILES string of the molecule is NCCNCCCC(O)CCc1ccccc1. The van der Waals surface area contributed by atoms with Gasteiger partial charge in [0.25, 0.3) is 0 Å². The van der Waals surface area contributed by atoms with Gasteiger partial charge in [-0.1, -0.05) is 30.3 Å². The summed E-state index contributed by atoms with van der Waals surface area (Å²) in [5.41, 5.74) is 6.67. The number of aliphatic hydroxyl groups is 1.